The van der Waals surface area contributed by atoms with Gasteiger partial charge in [0, 0.05) is 4.88 Å². The summed E-state index contributed by atoms with van der Waals surface area (Å²) in [7, 11) is 0. The number of hydrogen-bond acceptors (Lipinski definition) is 5. The largest absolute Gasteiger partial charge is 0.359 e. The van der Waals surface area contributed by atoms with Crippen LogP contribution in [0.5, 0.6) is 0 Å². The van der Waals surface area contributed by atoms with E-state index < -0.39 is 0 Å². The lowest BCUT2D eigenvalue weighted by Crippen LogP contribution is -2.19. The highest BCUT2D eigenvalue weighted by molar-refractivity contribution is 7.19. The first-order valence-electron chi connectivity index (χ1n) is 9.17. The molecule has 4 aromatic rings. The van der Waals surface area contributed by atoms with Crippen LogP contribution in [0.15, 0.2) is 30.6 Å². The molecule has 2 N–H and O–H groups in total. The fourth-order valence-corrected chi connectivity index (χ4v) is 5.08. The highest BCUT2D eigenvalue weighted by atomic mass is 32.1. The van der Waals surface area contributed by atoms with Gasteiger partial charge in [-0.05, 0) is 42.9 Å². The van der Waals surface area contributed by atoms with E-state index in [0.717, 1.165) is 33.9 Å². The summed E-state index contributed by atoms with van der Waals surface area (Å²) in [6.07, 6.45) is 5.22. The molecule has 5 rings (SSSR count). The summed E-state index contributed by atoms with van der Waals surface area (Å²) < 4.78 is 0. The lowest BCUT2D eigenvalue weighted by atomic mass is 10.0. The minimum Gasteiger partial charge on any atom is -0.359 e. The summed E-state index contributed by atoms with van der Waals surface area (Å²) in [6.45, 7) is 4.42. The third-order valence-corrected chi connectivity index (χ3v) is 6.36. The number of anilines is 1. The first kappa shape index (κ1) is 15.8. The first-order chi connectivity index (χ1) is 12.7. The quantitative estimate of drug-likeness (QED) is 0.543. The predicted octanol–water partition coefficient (Wildman–Crippen LogP) is 4.87. The number of nitrogens with one attached hydrogen (secondary N) is 2. The van der Waals surface area contributed by atoms with Crippen molar-refractivity contribution in [3.8, 4) is 0 Å². The van der Waals surface area contributed by atoms with Crippen molar-refractivity contribution >= 4 is 38.4 Å². The minimum atomic E-state index is 0.0671. The van der Waals surface area contributed by atoms with Gasteiger partial charge in [-0.15, -0.1) is 11.3 Å². The number of fused-ring (bicyclic) bond motifs is 4. The molecule has 26 heavy (non-hydrogen) atoms. The van der Waals surface area contributed by atoms with Crippen LogP contribution < -0.4 is 5.32 Å². The number of aromatic amines is 1. The normalized spacial score (nSPS) is 15.0. The standard InChI is InChI=1S/C20H21N5S/c1-11(2)17(19-23-13-7-3-4-8-14(13)24-19)25-18-16-12-6-5-9-15(12)26-20(16)22-10-21-18/h3-4,7-8,10-11,17H,5-6,9H2,1-2H3,(H,23,24)(H,21,22,25)/t17-/m1/s1. The van der Waals surface area contributed by atoms with Gasteiger partial charge in [0.05, 0.1) is 22.5 Å². The van der Waals surface area contributed by atoms with Gasteiger partial charge >= 0.3 is 0 Å². The number of rotatable bonds is 4. The molecule has 1 aliphatic carbocycles. The highest BCUT2D eigenvalue weighted by Crippen LogP contribution is 2.40. The molecule has 5 nitrogen and oxygen atoms in total. The van der Waals surface area contributed by atoms with Crippen molar-refractivity contribution in [2.24, 2.45) is 5.92 Å². The molecule has 0 amide bonds. The van der Waals surface area contributed by atoms with Crippen LogP contribution >= 0.6 is 11.3 Å². The molecular formula is C20H21N5S. The van der Waals surface area contributed by atoms with Crippen molar-refractivity contribution in [1.29, 1.82) is 0 Å². The number of thiophene rings is 1. The van der Waals surface area contributed by atoms with E-state index in [1.807, 2.05) is 29.5 Å². The van der Waals surface area contributed by atoms with E-state index in [1.165, 1.54) is 28.7 Å². The van der Waals surface area contributed by atoms with Crippen LogP contribution in [0.2, 0.25) is 0 Å². The Morgan fingerprint density at radius 1 is 1.15 bits per heavy atom. The Hall–Kier alpha value is -2.47. The molecule has 0 spiro atoms. The van der Waals surface area contributed by atoms with E-state index in [4.69, 9.17) is 4.98 Å². The first-order valence-corrected chi connectivity index (χ1v) is 9.99. The maximum absolute atomic E-state index is 4.81. The molecule has 0 saturated carbocycles. The topological polar surface area (TPSA) is 66.5 Å². The van der Waals surface area contributed by atoms with Crippen molar-refractivity contribution in [1.82, 2.24) is 19.9 Å². The van der Waals surface area contributed by atoms with Gasteiger partial charge in [0.25, 0.3) is 0 Å². The summed E-state index contributed by atoms with van der Waals surface area (Å²) in [5.41, 5.74) is 3.51. The van der Waals surface area contributed by atoms with Gasteiger partial charge in [-0.1, -0.05) is 26.0 Å². The van der Waals surface area contributed by atoms with Crippen LogP contribution in [-0.4, -0.2) is 19.9 Å². The molecule has 1 atom stereocenters. The second-order valence-corrected chi connectivity index (χ2v) is 8.35. The van der Waals surface area contributed by atoms with Crippen LogP contribution in [0.4, 0.5) is 5.82 Å². The number of aromatic nitrogens is 4. The zero-order chi connectivity index (χ0) is 17.7. The molecule has 0 aliphatic heterocycles. The van der Waals surface area contributed by atoms with Gasteiger partial charge in [-0.2, -0.15) is 0 Å². The number of hydrogen-bond donors (Lipinski definition) is 2. The van der Waals surface area contributed by atoms with Crippen molar-refractivity contribution in [3.63, 3.8) is 0 Å². The predicted molar refractivity (Wildman–Crippen MR) is 107 cm³/mol. The molecule has 0 radical (unpaired) electrons. The maximum atomic E-state index is 4.81. The zero-order valence-corrected chi connectivity index (χ0v) is 15.7. The molecule has 0 saturated heterocycles. The van der Waals surface area contributed by atoms with E-state index >= 15 is 0 Å². The highest BCUT2D eigenvalue weighted by Gasteiger charge is 2.25. The van der Waals surface area contributed by atoms with Crippen LogP contribution in [0, 0.1) is 5.92 Å². The molecule has 0 unspecified atom stereocenters. The summed E-state index contributed by atoms with van der Waals surface area (Å²) in [5, 5.41) is 4.89. The van der Waals surface area contributed by atoms with Crippen molar-refractivity contribution in [3.05, 3.63) is 46.9 Å². The fraction of sp³-hybridized carbons (Fsp3) is 0.350. The summed E-state index contributed by atoms with van der Waals surface area (Å²) in [4.78, 5) is 20.0. The Morgan fingerprint density at radius 2 is 2.04 bits per heavy atom. The molecule has 3 aromatic heterocycles. The lowest BCUT2D eigenvalue weighted by molar-refractivity contribution is 0.525. The smallest absolute Gasteiger partial charge is 0.139 e. The van der Waals surface area contributed by atoms with Crippen LogP contribution in [0.1, 0.15) is 42.6 Å². The molecule has 132 valence electrons. The molecule has 6 heteroatoms. The van der Waals surface area contributed by atoms with E-state index in [9.17, 15) is 0 Å². The van der Waals surface area contributed by atoms with Crippen LogP contribution in [0.25, 0.3) is 21.3 Å². The van der Waals surface area contributed by atoms with E-state index in [1.54, 1.807) is 6.33 Å². The SMILES string of the molecule is CC(C)[C@@H](Nc1ncnc2sc3c(c12)CCC3)c1nc2ccccc2[nH]1. The maximum Gasteiger partial charge on any atom is 0.139 e. The second kappa shape index (κ2) is 6.06. The van der Waals surface area contributed by atoms with Gasteiger partial charge < -0.3 is 10.3 Å². The number of benzene rings is 1. The molecule has 3 heterocycles. The number of nitrogens with zero attached hydrogens (tertiary/aromatic N) is 3. The number of para-hydroxylation sites is 2. The van der Waals surface area contributed by atoms with Crippen LogP contribution in [0.3, 0.4) is 0 Å². The second-order valence-electron chi connectivity index (χ2n) is 7.26. The Labute approximate surface area is 155 Å². The summed E-state index contributed by atoms with van der Waals surface area (Å²) in [6, 6.07) is 8.23. The fourth-order valence-electron chi connectivity index (χ4n) is 3.86. The monoisotopic (exact) mass is 363 g/mol. The molecule has 1 aromatic carbocycles. The molecule has 0 fully saturated rings. The average molecular weight is 363 g/mol. The van der Waals surface area contributed by atoms with Crippen LogP contribution in [-0.2, 0) is 12.8 Å². The number of aryl methyl sites for hydroxylation is 2. The van der Waals surface area contributed by atoms with Gasteiger partial charge in [0.1, 0.15) is 22.8 Å². The van der Waals surface area contributed by atoms with Crippen molar-refractivity contribution in [2.75, 3.05) is 5.32 Å². The lowest BCUT2D eigenvalue weighted by Gasteiger charge is -2.21. The van der Waals surface area contributed by atoms with Gasteiger partial charge in [0.15, 0.2) is 0 Å². The molecule has 1 aliphatic rings. The Balaban J connectivity index is 1.58. The average Bonchev–Trinajstić information content (AvgIpc) is 3.32. The zero-order valence-electron chi connectivity index (χ0n) is 14.9. The Morgan fingerprint density at radius 3 is 2.88 bits per heavy atom. The third-order valence-electron chi connectivity index (χ3n) is 5.16. The molecular weight excluding hydrogens is 342 g/mol. The van der Waals surface area contributed by atoms with E-state index in [2.05, 4.69) is 40.2 Å². The Bertz CT molecular complexity index is 1060. The third kappa shape index (κ3) is 2.48. The summed E-state index contributed by atoms with van der Waals surface area (Å²) in [5.74, 6) is 2.26. The van der Waals surface area contributed by atoms with Crippen molar-refractivity contribution < 1.29 is 0 Å². The van der Waals surface area contributed by atoms with Gasteiger partial charge in [0.2, 0.25) is 0 Å². The number of H-pyrrole nitrogens is 1. The van der Waals surface area contributed by atoms with Crippen molar-refractivity contribution in [2.45, 2.75) is 39.2 Å². The van der Waals surface area contributed by atoms with Gasteiger partial charge in [-0.25, -0.2) is 15.0 Å². The summed E-state index contributed by atoms with van der Waals surface area (Å²) >= 11 is 1.82. The molecule has 0 bridgehead atoms. The van der Waals surface area contributed by atoms with E-state index in [0.29, 0.717) is 5.92 Å². The number of imidazole rings is 1. The van der Waals surface area contributed by atoms with Gasteiger partial charge in [-0.3, -0.25) is 0 Å². The minimum absolute atomic E-state index is 0.0671. The van der Waals surface area contributed by atoms with E-state index in [-0.39, 0.29) is 6.04 Å². The Kier molecular flexibility index (Phi) is 3.67.